The van der Waals surface area contributed by atoms with Gasteiger partial charge in [0, 0.05) is 18.5 Å². The van der Waals surface area contributed by atoms with Crippen molar-refractivity contribution >= 4 is 6.09 Å². The highest BCUT2D eigenvalue weighted by atomic mass is 19.1. The van der Waals surface area contributed by atoms with Crippen molar-refractivity contribution in [3.05, 3.63) is 35.4 Å². The molecule has 2 rings (SSSR count). The number of carbonyl (C=O) groups is 1. The van der Waals surface area contributed by atoms with Crippen molar-refractivity contribution in [3.8, 4) is 6.07 Å². The first-order valence-corrected chi connectivity index (χ1v) is 7.05. The summed E-state index contributed by atoms with van der Waals surface area (Å²) in [4.78, 5) is 13.5. The van der Waals surface area contributed by atoms with E-state index < -0.39 is 29.4 Å². The Hall–Kier alpha value is -2.16. The summed E-state index contributed by atoms with van der Waals surface area (Å²) in [5.74, 6) is -1.62. The van der Waals surface area contributed by atoms with E-state index in [9.17, 15) is 18.8 Å². The smallest absolute Gasteiger partial charge is 0.411 e. The van der Waals surface area contributed by atoms with Crippen LogP contribution in [0.15, 0.2) is 18.2 Å². The molecule has 0 radical (unpaired) electrons. The molecule has 0 bridgehead atoms. The third-order valence-corrected chi connectivity index (χ3v) is 3.43. The maximum atomic E-state index is 13.3. The Bertz CT molecular complexity index is 599. The lowest BCUT2D eigenvalue weighted by Crippen LogP contribution is -2.39. The molecule has 22 heavy (non-hydrogen) atoms. The zero-order valence-electron chi connectivity index (χ0n) is 12.8. The molecule has 4 nitrogen and oxygen atoms in total. The van der Waals surface area contributed by atoms with Crippen LogP contribution in [-0.2, 0) is 4.74 Å². The molecule has 1 saturated heterocycles. The van der Waals surface area contributed by atoms with Crippen LogP contribution in [0.25, 0.3) is 0 Å². The standard InChI is InChI=1S/C16H18F2N2O2/c1-16(2,3)22-15(21)20-9-11(6-14(20)8-19)10-4-12(17)7-13(18)5-10/h4-5,7,11,14H,6,9H2,1-3H3/t11-,14?/m0/s1. The summed E-state index contributed by atoms with van der Waals surface area (Å²) in [5.41, 5.74) is -0.219. The molecule has 1 aliphatic rings. The van der Waals surface area contributed by atoms with Gasteiger partial charge in [0.2, 0.25) is 0 Å². The van der Waals surface area contributed by atoms with Gasteiger partial charge in [-0.2, -0.15) is 5.26 Å². The lowest BCUT2D eigenvalue weighted by molar-refractivity contribution is 0.0257. The molecule has 0 aliphatic carbocycles. The highest BCUT2D eigenvalue weighted by molar-refractivity contribution is 5.69. The zero-order chi connectivity index (χ0) is 16.5. The van der Waals surface area contributed by atoms with E-state index in [1.165, 1.54) is 17.0 Å². The first-order chi connectivity index (χ1) is 10.2. The second-order valence-electron chi connectivity index (χ2n) is 6.41. The minimum absolute atomic E-state index is 0.204. The number of likely N-dealkylation sites (tertiary alicyclic amines) is 1. The molecule has 118 valence electrons. The predicted octanol–water partition coefficient (Wildman–Crippen LogP) is 3.58. The topological polar surface area (TPSA) is 53.3 Å². The Balaban J connectivity index is 2.19. The van der Waals surface area contributed by atoms with Gasteiger partial charge in [-0.3, -0.25) is 4.90 Å². The number of halogens is 2. The Morgan fingerprint density at radius 3 is 2.41 bits per heavy atom. The van der Waals surface area contributed by atoms with Crippen LogP contribution in [0.5, 0.6) is 0 Å². The maximum Gasteiger partial charge on any atom is 0.411 e. The predicted molar refractivity (Wildman–Crippen MR) is 76.1 cm³/mol. The minimum Gasteiger partial charge on any atom is -0.444 e. The second kappa shape index (κ2) is 5.91. The molecule has 1 unspecified atom stereocenters. The molecule has 0 saturated carbocycles. The fourth-order valence-electron chi connectivity index (χ4n) is 2.53. The monoisotopic (exact) mass is 308 g/mol. The van der Waals surface area contributed by atoms with Crippen molar-refractivity contribution in [1.29, 1.82) is 5.26 Å². The number of hydrogen-bond donors (Lipinski definition) is 0. The van der Waals surface area contributed by atoms with E-state index in [1.54, 1.807) is 20.8 Å². The van der Waals surface area contributed by atoms with Gasteiger partial charge in [-0.05, 0) is 44.9 Å². The normalized spacial score (nSPS) is 21.5. The number of benzene rings is 1. The van der Waals surface area contributed by atoms with E-state index in [2.05, 4.69) is 0 Å². The third-order valence-electron chi connectivity index (χ3n) is 3.43. The van der Waals surface area contributed by atoms with Crippen LogP contribution in [0.3, 0.4) is 0 Å². The van der Waals surface area contributed by atoms with Gasteiger partial charge in [0.1, 0.15) is 23.3 Å². The van der Waals surface area contributed by atoms with Gasteiger partial charge < -0.3 is 4.74 Å². The molecule has 1 fully saturated rings. The lowest BCUT2D eigenvalue weighted by Gasteiger charge is -2.26. The largest absolute Gasteiger partial charge is 0.444 e. The molecule has 6 heteroatoms. The molecule has 1 aliphatic heterocycles. The van der Waals surface area contributed by atoms with E-state index in [4.69, 9.17) is 4.74 Å². The average molecular weight is 308 g/mol. The summed E-state index contributed by atoms with van der Waals surface area (Å²) < 4.78 is 31.9. The van der Waals surface area contributed by atoms with E-state index in [0.29, 0.717) is 12.0 Å². The second-order valence-corrected chi connectivity index (χ2v) is 6.41. The average Bonchev–Trinajstić information content (AvgIpc) is 2.79. The number of rotatable bonds is 1. The molecular weight excluding hydrogens is 290 g/mol. The summed E-state index contributed by atoms with van der Waals surface area (Å²) in [5, 5.41) is 9.21. The first-order valence-electron chi connectivity index (χ1n) is 7.05. The molecule has 0 aromatic heterocycles. The molecule has 2 atom stereocenters. The van der Waals surface area contributed by atoms with Crippen molar-refractivity contribution in [1.82, 2.24) is 4.90 Å². The molecule has 0 spiro atoms. The summed E-state index contributed by atoms with van der Waals surface area (Å²) in [7, 11) is 0. The van der Waals surface area contributed by atoms with Crippen molar-refractivity contribution in [2.45, 2.75) is 44.8 Å². The number of amides is 1. The minimum atomic E-state index is -0.667. The number of carbonyl (C=O) groups excluding carboxylic acids is 1. The van der Waals surface area contributed by atoms with Crippen LogP contribution < -0.4 is 0 Å². The molecule has 1 amide bonds. The van der Waals surface area contributed by atoms with Crippen molar-refractivity contribution in [2.75, 3.05) is 6.54 Å². The van der Waals surface area contributed by atoms with Gasteiger partial charge in [-0.25, -0.2) is 13.6 Å². The van der Waals surface area contributed by atoms with Crippen molar-refractivity contribution in [3.63, 3.8) is 0 Å². The van der Waals surface area contributed by atoms with Gasteiger partial charge in [0.05, 0.1) is 6.07 Å². The highest BCUT2D eigenvalue weighted by Gasteiger charge is 2.38. The molecule has 1 aromatic carbocycles. The summed E-state index contributed by atoms with van der Waals surface area (Å²) in [6.45, 7) is 5.42. The zero-order valence-corrected chi connectivity index (χ0v) is 12.8. The van der Waals surface area contributed by atoms with Crippen LogP contribution in [0.1, 0.15) is 38.7 Å². The van der Waals surface area contributed by atoms with E-state index >= 15 is 0 Å². The van der Waals surface area contributed by atoms with Gasteiger partial charge in [-0.1, -0.05) is 0 Å². The van der Waals surface area contributed by atoms with Crippen LogP contribution in [0, 0.1) is 23.0 Å². The van der Waals surface area contributed by atoms with Gasteiger partial charge in [-0.15, -0.1) is 0 Å². The lowest BCUT2D eigenvalue weighted by atomic mass is 9.96. The Kier molecular flexibility index (Phi) is 4.36. The fourth-order valence-corrected chi connectivity index (χ4v) is 2.53. The molecule has 1 heterocycles. The van der Waals surface area contributed by atoms with E-state index in [-0.39, 0.29) is 12.5 Å². The summed E-state index contributed by atoms with van der Waals surface area (Å²) >= 11 is 0. The van der Waals surface area contributed by atoms with Crippen LogP contribution >= 0.6 is 0 Å². The van der Waals surface area contributed by atoms with Gasteiger partial charge in [0.25, 0.3) is 0 Å². The highest BCUT2D eigenvalue weighted by Crippen LogP contribution is 2.33. The molecule has 1 aromatic rings. The number of hydrogen-bond acceptors (Lipinski definition) is 3. The Morgan fingerprint density at radius 2 is 1.91 bits per heavy atom. The number of ether oxygens (including phenoxy) is 1. The molecular formula is C16H18F2N2O2. The fraction of sp³-hybridized carbons (Fsp3) is 0.500. The number of nitriles is 1. The van der Waals surface area contributed by atoms with Crippen LogP contribution in [-0.4, -0.2) is 29.2 Å². The third kappa shape index (κ3) is 3.73. The maximum absolute atomic E-state index is 13.3. The van der Waals surface area contributed by atoms with Crippen molar-refractivity contribution < 1.29 is 18.3 Å². The quantitative estimate of drug-likeness (QED) is 0.797. The van der Waals surface area contributed by atoms with E-state index in [0.717, 1.165) is 6.07 Å². The Labute approximate surface area is 128 Å². The van der Waals surface area contributed by atoms with Gasteiger partial charge in [0.15, 0.2) is 0 Å². The van der Waals surface area contributed by atoms with Crippen molar-refractivity contribution in [2.24, 2.45) is 0 Å². The van der Waals surface area contributed by atoms with E-state index in [1.807, 2.05) is 6.07 Å². The van der Waals surface area contributed by atoms with Crippen LogP contribution in [0.4, 0.5) is 13.6 Å². The molecule has 0 N–H and O–H groups in total. The number of nitrogens with zero attached hydrogens (tertiary/aromatic N) is 2. The Morgan fingerprint density at radius 1 is 1.32 bits per heavy atom. The summed E-state index contributed by atoms with van der Waals surface area (Å²) in [6, 6.07) is 4.66. The SMILES string of the molecule is CC(C)(C)OC(=O)N1C[C@@H](c2cc(F)cc(F)c2)CC1C#N. The first kappa shape index (κ1) is 16.2. The van der Waals surface area contributed by atoms with Gasteiger partial charge >= 0.3 is 6.09 Å². The van der Waals surface area contributed by atoms with Crippen LogP contribution in [0.2, 0.25) is 0 Å². The summed E-state index contributed by atoms with van der Waals surface area (Å²) in [6.07, 6.45) is -0.253.